The Morgan fingerprint density at radius 1 is 1.39 bits per heavy atom. The fraction of sp³-hybridized carbons (Fsp3) is 0.500. The van der Waals surface area contributed by atoms with Gasteiger partial charge in [-0.2, -0.15) is 4.98 Å². The maximum Gasteiger partial charge on any atom is 0.228 e. The summed E-state index contributed by atoms with van der Waals surface area (Å²) in [4.78, 5) is 6.80. The first-order valence-corrected chi connectivity index (χ1v) is 7.77. The van der Waals surface area contributed by atoms with E-state index >= 15 is 0 Å². The number of rotatable bonds is 5. The largest absolute Gasteiger partial charge is 0.384 e. The lowest BCUT2D eigenvalue weighted by atomic mass is 10.2. The predicted molar refractivity (Wildman–Crippen MR) is 93.2 cm³/mol. The van der Waals surface area contributed by atoms with Crippen molar-refractivity contribution in [1.82, 2.24) is 20.4 Å². The number of aryl methyl sites for hydroxylation is 1. The van der Waals surface area contributed by atoms with E-state index in [2.05, 4.69) is 51.8 Å². The van der Waals surface area contributed by atoms with Gasteiger partial charge in [0.25, 0.3) is 0 Å². The number of halogens is 1. The first kappa shape index (κ1) is 17.7. The van der Waals surface area contributed by atoms with Crippen LogP contribution in [0.25, 0.3) is 0 Å². The lowest BCUT2D eigenvalue weighted by molar-refractivity contribution is 0.190. The molecule has 1 aliphatic heterocycles. The highest BCUT2D eigenvalue weighted by molar-refractivity contribution is 5.85. The number of likely N-dealkylation sites (N-methyl/N-ethyl adjacent to an activating group) is 1. The summed E-state index contributed by atoms with van der Waals surface area (Å²) in [5.74, 6) is 1.47. The van der Waals surface area contributed by atoms with Crippen LogP contribution in [-0.4, -0.2) is 48.3 Å². The van der Waals surface area contributed by atoms with Crippen LogP contribution in [0.1, 0.15) is 23.3 Å². The van der Waals surface area contributed by atoms with Crippen LogP contribution in [0.4, 0.5) is 5.69 Å². The van der Waals surface area contributed by atoms with Gasteiger partial charge in [0, 0.05) is 38.3 Å². The van der Waals surface area contributed by atoms with Gasteiger partial charge < -0.3 is 15.2 Å². The molecule has 1 unspecified atom stereocenters. The monoisotopic (exact) mass is 337 g/mol. The van der Waals surface area contributed by atoms with Crippen LogP contribution in [0.2, 0.25) is 0 Å². The van der Waals surface area contributed by atoms with E-state index in [1.807, 2.05) is 12.1 Å². The van der Waals surface area contributed by atoms with Gasteiger partial charge in [-0.1, -0.05) is 23.4 Å². The average Bonchev–Trinajstić information content (AvgIpc) is 2.98. The van der Waals surface area contributed by atoms with Crippen molar-refractivity contribution >= 4 is 18.1 Å². The minimum atomic E-state index is 0. The van der Waals surface area contributed by atoms with E-state index in [0.717, 1.165) is 44.1 Å². The molecule has 7 heteroatoms. The molecule has 0 aliphatic carbocycles. The van der Waals surface area contributed by atoms with Gasteiger partial charge in [0.05, 0.1) is 6.04 Å². The smallest absolute Gasteiger partial charge is 0.228 e. The van der Waals surface area contributed by atoms with Crippen LogP contribution < -0.4 is 10.6 Å². The summed E-state index contributed by atoms with van der Waals surface area (Å²) < 4.78 is 5.38. The molecule has 1 aromatic carbocycles. The van der Waals surface area contributed by atoms with E-state index in [1.54, 1.807) is 0 Å². The van der Waals surface area contributed by atoms with Crippen molar-refractivity contribution in [3.63, 3.8) is 0 Å². The lowest BCUT2D eigenvalue weighted by Gasteiger charge is -2.30. The maximum absolute atomic E-state index is 5.38. The van der Waals surface area contributed by atoms with Crippen LogP contribution in [0.5, 0.6) is 0 Å². The second kappa shape index (κ2) is 8.29. The summed E-state index contributed by atoms with van der Waals surface area (Å²) in [5, 5.41) is 10.9. The molecule has 3 rings (SSSR count). The van der Waals surface area contributed by atoms with Gasteiger partial charge in [0.15, 0.2) is 5.82 Å². The van der Waals surface area contributed by atoms with Gasteiger partial charge in [-0.05, 0) is 25.6 Å². The summed E-state index contributed by atoms with van der Waals surface area (Å²) in [5.41, 5.74) is 2.39. The van der Waals surface area contributed by atoms with Gasteiger partial charge in [0.1, 0.15) is 0 Å². The Morgan fingerprint density at radius 2 is 2.22 bits per heavy atom. The third-order valence-corrected chi connectivity index (χ3v) is 4.09. The van der Waals surface area contributed by atoms with Gasteiger partial charge >= 0.3 is 0 Å². The Labute approximate surface area is 143 Å². The first-order chi connectivity index (χ1) is 10.7. The van der Waals surface area contributed by atoms with E-state index in [-0.39, 0.29) is 18.4 Å². The minimum Gasteiger partial charge on any atom is -0.384 e. The highest BCUT2D eigenvalue weighted by atomic mass is 35.5. The molecule has 126 valence electrons. The number of anilines is 1. The normalized spacial score (nSPS) is 18.4. The number of aromatic nitrogens is 2. The summed E-state index contributed by atoms with van der Waals surface area (Å²) in [6, 6.07) is 8.46. The molecule has 1 aliphatic rings. The second-order valence-corrected chi connectivity index (χ2v) is 5.74. The minimum absolute atomic E-state index is 0. The number of piperazine rings is 1. The fourth-order valence-electron chi connectivity index (χ4n) is 2.67. The average molecular weight is 338 g/mol. The van der Waals surface area contributed by atoms with Crippen molar-refractivity contribution in [2.45, 2.75) is 19.4 Å². The summed E-state index contributed by atoms with van der Waals surface area (Å²) in [6.07, 6.45) is 0.727. The fourth-order valence-corrected chi connectivity index (χ4v) is 2.67. The standard InChI is InChI=1S/C16H23N5O.ClH/c1-12-5-3-4-6-13(12)18-8-7-15-19-16(20-22-15)14-11-17-9-10-21(14)2;/h3-6,14,17-18H,7-11H2,1-2H3;1H. The van der Waals surface area contributed by atoms with E-state index < -0.39 is 0 Å². The van der Waals surface area contributed by atoms with Crippen LogP contribution in [0.15, 0.2) is 28.8 Å². The molecule has 2 N–H and O–H groups in total. The topological polar surface area (TPSA) is 66.2 Å². The Hall–Kier alpha value is -1.63. The third-order valence-electron chi connectivity index (χ3n) is 4.09. The summed E-state index contributed by atoms with van der Waals surface area (Å²) in [6.45, 7) is 5.77. The second-order valence-electron chi connectivity index (χ2n) is 5.74. The van der Waals surface area contributed by atoms with Crippen molar-refractivity contribution in [3.05, 3.63) is 41.5 Å². The molecule has 23 heavy (non-hydrogen) atoms. The molecular weight excluding hydrogens is 314 g/mol. The Bertz CT molecular complexity index is 618. The van der Waals surface area contributed by atoms with Crippen molar-refractivity contribution in [2.24, 2.45) is 0 Å². The molecule has 1 aromatic heterocycles. The molecule has 0 radical (unpaired) electrons. The molecule has 1 atom stereocenters. The molecule has 6 nitrogen and oxygen atoms in total. The highest BCUT2D eigenvalue weighted by Gasteiger charge is 2.24. The third kappa shape index (κ3) is 4.43. The molecule has 0 spiro atoms. The van der Waals surface area contributed by atoms with Crippen molar-refractivity contribution in [3.8, 4) is 0 Å². The van der Waals surface area contributed by atoms with Gasteiger partial charge in [-0.25, -0.2) is 0 Å². The first-order valence-electron chi connectivity index (χ1n) is 7.77. The Balaban J connectivity index is 0.00000192. The van der Waals surface area contributed by atoms with Crippen molar-refractivity contribution in [2.75, 3.05) is 38.5 Å². The molecular formula is C16H24ClN5O. The summed E-state index contributed by atoms with van der Waals surface area (Å²) in [7, 11) is 2.10. The maximum atomic E-state index is 5.38. The van der Waals surface area contributed by atoms with Crippen molar-refractivity contribution < 1.29 is 4.52 Å². The molecule has 0 amide bonds. The van der Waals surface area contributed by atoms with Crippen LogP contribution in [0, 0.1) is 6.92 Å². The number of hydrogen-bond acceptors (Lipinski definition) is 6. The molecule has 2 heterocycles. The van der Waals surface area contributed by atoms with Gasteiger partial charge in [-0.3, -0.25) is 4.90 Å². The number of nitrogens with zero attached hydrogens (tertiary/aromatic N) is 3. The van der Waals surface area contributed by atoms with E-state index in [9.17, 15) is 0 Å². The molecule has 2 aromatic rings. The SMILES string of the molecule is Cc1ccccc1NCCc1nc(C2CNCCN2C)no1.Cl. The van der Waals surface area contributed by atoms with Crippen LogP contribution in [-0.2, 0) is 6.42 Å². The zero-order valence-electron chi connectivity index (χ0n) is 13.6. The highest BCUT2D eigenvalue weighted by Crippen LogP contribution is 2.18. The van der Waals surface area contributed by atoms with Crippen LogP contribution in [0.3, 0.4) is 0 Å². The number of para-hydroxylation sites is 1. The molecule has 0 bridgehead atoms. The van der Waals surface area contributed by atoms with Gasteiger partial charge in [0.2, 0.25) is 5.89 Å². The number of benzene rings is 1. The molecule has 1 saturated heterocycles. The Kier molecular flexibility index (Phi) is 6.38. The summed E-state index contributed by atoms with van der Waals surface area (Å²) >= 11 is 0. The quantitative estimate of drug-likeness (QED) is 0.870. The van der Waals surface area contributed by atoms with E-state index in [4.69, 9.17) is 4.52 Å². The van der Waals surface area contributed by atoms with E-state index in [1.165, 1.54) is 5.56 Å². The number of nitrogens with one attached hydrogen (secondary N) is 2. The van der Waals surface area contributed by atoms with Gasteiger partial charge in [-0.15, -0.1) is 12.4 Å². The van der Waals surface area contributed by atoms with Crippen molar-refractivity contribution in [1.29, 1.82) is 0 Å². The Morgan fingerprint density at radius 3 is 3.00 bits per heavy atom. The van der Waals surface area contributed by atoms with Crippen LogP contribution >= 0.6 is 12.4 Å². The molecule has 0 saturated carbocycles. The lowest BCUT2D eigenvalue weighted by Crippen LogP contribution is -2.44. The molecule has 1 fully saturated rings. The van der Waals surface area contributed by atoms with E-state index in [0.29, 0.717) is 5.89 Å². The zero-order chi connectivity index (χ0) is 15.4. The number of hydrogen-bond donors (Lipinski definition) is 2. The zero-order valence-corrected chi connectivity index (χ0v) is 14.4. The predicted octanol–water partition coefficient (Wildman–Crippen LogP) is 2.03.